The van der Waals surface area contributed by atoms with Gasteiger partial charge in [-0.05, 0) is 38.2 Å². The van der Waals surface area contributed by atoms with Crippen LogP contribution < -0.4 is 0 Å². The third-order valence-corrected chi connectivity index (χ3v) is 3.11. The first-order valence-electron chi connectivity index (χ1n) is 4.57. The van der Waals surface area contributed by atoms with Crippen LogP contribution in [0.1, 0.15) is 32.6 Å². The van der Waals surface area contributed by atoms with E-state index in [0.29, 0.717) is 18.8 Å². The number of allylic oxidation sites excluding steroid dienone is 1. The summed E-state index contributed by atoms with van der Waals surface area (Å²) in [6.07, 6.45) is 4.96. The SMILES string of the molecule is CC1=C[C@]2(O)C[C@H]1CCCC2=O. The lowest BCUT2D eigenvalue weighted by Gasteiger charge is -2.16. The first-order chi connectivity index (χ1) is 5.62. The van der Waals surface area contributed by atoms with Gasteiger partial charge in [0.05, 0.1) is 0 Å². The van der Waals surface area contributed by atoms with Crippen molar-refractivity contribution in [3.05, 3.63) is 11.6 Å². The van der Waals surface area contributed by atoms with Crippen LogP contribution in [-0.4, -0.2) is 16.5 Å². The van der Waals surface area contributed by atoms with Gasteiger partial charge in [0.2, 0.25) is 0 Å². The normalized spacial score (nSPS) is 41.0. The van der Waals surface area contributed by atoms with Crippen LogP contribution in [0.15, 0.2) is 11.6 Å². The second-order valence-electron chi connectivity index (χ2n) is 4.03. The van der Waals surface area contributed by atoms with Crippen LogP contribution >= 0.6 is 0 Å². The highest BCUT2D eigenvalue weighted by molar-refractivity contribution is 5.90. The number of ketones is 1. The van der Waals surface area contributed by atoms with Gasteiger partial charge in [0.15, 0.2) is 5.78 Å². The third-order valence-electron chi connectivity index (χ3n) is 3.11. The van der Waals surface area contributed by atoms with Gasteiger partial charge in [-0.15, -0.1) is 0 Å². The number of aliphatic hydroxyl groups is 1. The maximum Gasteiger partial charge on any atom is 0.168 e. The quantitative estimate of drug-likeness (QED) is 0.553. The van der Waals surface area contributed by atoms with E-state index >= 15 is 0 Å². The Morgan fingerprint density at radius 1 is 1.67 bits per heavy atom. The molecule has 66 valence electrons. The predicted molar refractivity (Wildman–Crippen MR) is 45.7 cm³/mol. The number of carbonyl (C=O) groups excluding carboxylic acids is 1. The van der Waals surface area contributed by atoms with Crippen LogP contribution in [0.3, 0.4) is 0 Å². The van der Waals surface area contributed by atoms with Gasteiger partial charge < -0.3 is 5.11 Å². The molecule has 0 aromatic rings. The lowest BCUT2D eigenvalue weighted by atomic mass is 9.96. The van der Waals surface area contributed by atoms with Gasteiger partial charge in [-0.3, -0.25) is 4.79 Å². The van der Waals surface area contributed by atoms with Crippen LogP contribution in [0.2, 0.25) is 0 Å². The molecule has 1 N–H and O–H groups in total. The maximum absolute atomic E-state index is 11.4. The predicted octanol–water partition coefficient (Wildman–Crippen LogP) is 1.44. The maximum atomic E-state index is 11.4. The minimum atomic E-state index is -1.09. The van der Waals surface area contributed by atoms with Gasteiger partial charge in [0.25, 0.3) is 0 Å². The summed E-state index contributed by atoms with van der Waals surface area (Å²) < 4.78 is 0. The molecule has 0 aromatic carbocycles. The number of fused-ring (bicyclic) bond motifs is 2. The number of carbonyl (C=O) groups is 1. The summed E-state index contributed by atoms with van der Waals surface area (Å²) >= 11 is 0. The van der Waals surface area contributed by atoms with E-state index in [-0.39, 0.29) is 5.78 Å². The summed E-state index contributed by atoms with van der Waals surface area (Å²) in [5.74, 6) is 0.475. The highest BCUT2D eigenvalue weighted by Gasteiger charge is 2.42. The lowest BCUT2D eigenvalue weighted by Crippen LogP contribution is -2.33. The van der Waals surface area contributed by atoms with E-state index in [0.717, 1.165) is 12.8 Å². The molecule has 1 fully saturated rings. The molecule has 2 aliphatic rings. The van der Waals surface area contributed by atoms with Crippen molar-refractivity contribution in [1.29, 1.82) is 0 Å². The molecule has 0 unspecified atom stereocenters. The fourth-order valence-electron chi connectivity index (χ4n) is 2.34. The van der Waals surface area contributed by atoms with Gasteiger partial charge >= 0.3 is 0 Å². The van der Waals surface area contributed by atoms with Crippen molar-refractivity contribution in [3.63, 3.8) is 0 Å². The van der Waals surface area contributed by atoms with Crippen molar-refractivity contribution in [3.8, 4) is 0 Å². The molecule has 0 aromatic heterocycles. The smallest absolute Gasteiger partial charge is 0.168 e. The zero-order chi connectivity index (χ0) is 8.77. The Kier molecular flexibility index (Phi) is 1.62. The fourth-order valence-corrected chi connectivity index (χ4v) is 2.34. The van der Waals surface area contributed by atoms with E-state index in [9.17, 15) is 9.90 Å². The average Bonchev–Trinajstić information content (AvgIpc) is 2.19. The van der Waals surface area contributed by atoms with E-state index in [1.165, 1.54) is 5.57 Å². The Bertz CT molecular complexity index is 255. The minimum absolute atomic E-state index is 0.0156. The molecule has 2 bridgehead atoms. The van der Waals surface area contributed by atoms with E-state index in [1.54, 1.807) is 6.08 Å². The molecule has 2 atom stereocenters. The van der Waals surface area contributed by atoms with Crippen molar-refractivity contribution in [1.82, 2.24) is 0 Å². The molecule has 0 saturated heterocycles. The third kappa shape index (κ3) is 1.02. The zero-order valence-electron chi connectivity index (χ0n) is 7.34. The number of rotatable bonds is 0. The van der Waals surface area contributed by atoms with Crippen LogP contribution in [0, 0.1) is 5.92 Å². The summed E-state index contributed by atoms with van der Waals surface area (Å²) in [6, 6.07) is 0. The monoisotopic (exact) mass is 166 g/mol. The second kappa shape index (κ2) is 2.43. The summed E-state index contributed by atoms with van der Waals surface area (Å²) in [4.78, 5) is 11.4. The largest absolute Gasteiger partial charge is 0.378 e. The van der Waals surface area contributed by atoms with Crippen molar-refractivity contribution in [2.45, 2.75) is 38.2 Å². The zero-order valence-corrected chi connectivity index (χ0v) is 7.34. The molecular formula is C10H14O2. The highest BCUT2D eigenvalue weighted by Crippen LogP contribution is 2.40. The van der Waals surface area contributed by atoms with E-state index in [1.807, 2.05) is 6.92 Å². The van der Waals surface area contributed by atoms with E-state index in [2.05, 4.69) is 0 Å². The number of Topliss-reactive ketones (excluding diaryl/α,β-unsaturated/α-hetero) is 1. The van der Waals surface area contributed by atoms with Crippen molar-refractivity contribution < 1.29 is 9.90 Å². The molecule has 2 heteroatoms. The summed E-state index contributed by atoms with van der Waals surface area (Å²) in [5, 5.41) is 9.91. The second-order valence-corrected chi connectivity index (χ2v) is 4.03. The Balaban J connectivity index is 2.36. The van der Waals surface area contributed by atoms with Crippen LogP contribution in [0.25, 0.3) is 0 Å². The average molecular weight is 166 g/mol. The molecule has 2 nitrogen and oxygen atoms in total. The summed E-state index contributed by atoms with van der Waals surface area (Å²) in [6.45, 7) is 2.02. The van der Waals surface area contributed by atoms with Crippen molar-refractivity contribution in [2.24, 2.45) is 5.92 Å². The molecule has 0 aliphatic heterocycles. The van der Waals surface area contributed by atoms with Gasteiger partial charge in [0.1, 0.15) is 5.60 Å². The standard InChI is InChI=1S/C10H14O2/c1-7-5-10(12)6-8(7)3-2-4-9(10)11/h5,8,12H,2-4,6H2,1H3/t8-,10+/m1/s1. The molecule has 2 aliphatic carbocycles. The molecule has 12 heavy (non-hydrogen) atoms. The Hall–Kier alpha value is -0.630. The van der Waals surface area contributed by atoms with Crippen LogP contribution in [0.4, 0.5) is 0 Å². The van der Waals surface area contributed by atoms with Gasteiger partial charge in [-0.1, -0.05) is 5.57 Å². The van der Waals surface area contributed by atoms with Gasteiger partial charge in [-0.25, -0.2) is 0 Å². The Morgan fingerprint density at radius 2 is 2.42 bits per heavy atom. The van der Waals surface area contributed by atoms with E-state index in [4.69, 9.17) is 0 Å². The van der Waals surface area contributed by atoms with Crippen LogP contribution in [-0.2, 0) is 4.79 Å². The summed E-state index contributed by atoms with van der Waals surface area (Å²) in [7, 11) is 0. The van der Waals surface area contributed by atoms with Gasteiger partial charge in [-0.2, -0.15) is 0 Å². The molecule has 2 rings (SSSR count). The summed E-state index contributed by atoms with van der Waals surface area (Å²) in [5.41, 5.74) is 0.108. The molecule has 1 saturated carbocycles. The molecular weight excluding hydrogens is 152 g/mol. The van der Waals surface area contributed by atoms with Crippen molar-refractivity contribution in [2.75, 3.05) is 0 Å². The molecule has 0 heterocycles. The number of hydrogen-bond acceptors (Lipinski definition) is 2. The van der Waals surface area contributed by atoms with Crippen LogP contribution in [0.5, 0.6) is 0 Å². The van der Waals surface area contributed by atoms with E-state index < -0.39 is 5.60 Å². The molecule has 0 spiro atoms. The Morgan fingerprint density at radius 3 is 3.17 bits per heavy atom. The molecule has 0 amide bonds. The molecule has 0 radical (unpaired) electrons. The highest BCUT2D eigenvalue weighted by atomic mass is 16.3. The Labute approximate surface area is 72.3 Å². The topological polar surface area (TPSA) is 37.3 Å². The first-order valence-corrected chi connectivity index (χ1v) is 4.57. The minimum Gasteiger partial charge on any atom is -0.378 e. The number of hydrogen-bond donors (Lipinski definition) is 1. The first kappa shape index (κ1) is 7.99. The van der Waals surface area contributed by atoms with Gasteiger partial charge in [0, 0.05) is 6.42 Å². The lowest BCUT2D eigenvalue weighted by molar-refractivity contribution is -0.132. The fraction of sp³-hybridized carbons (Fsp3) is 0.700. The van der Waals surface area contributed by atoms with Crippen molar-refractivity contribution >= 4 is 5.78 Å².